The van der Waals surface area contributed by atoms with E-state index in [1.165, 1.54) is 12.1 Å². The Morgan fingerprint density at radius 2 is 2.00 bits per heavy atom. The molecule has 1 aromatic rings. The van der Waals surface area contributed by atoms with Crippen LogP contribution in [0.4, 0.5) is 0 Å². The number of benzene rings is 1. The second-order valence-corrected chi connectivity index (χ2v) is 8.64. The van der Waals surface area contributed by atoms with Gasteiger partial charge in [-0.1, -0.05) is 17.7 Å². The number of nitrogens with two attached hydrogens (primary N) is 1. The van der Waals surface area contributed by atoms with Gasteiger partial charge in [-0.2, -0.15) is 0 Å². The van der Waals surface area contributed by atoms with Crippen LogP contribution in [0.5, 0.6) is 0 Å². The van der Waals surface area contributed by atoms with E-state index >= 15 is 0 Å². The summed E-state index contributed by atoms with van der Waals surface area (Å²) in [6, 6.07) is 3.81. The van der Waals surface area contributed by atoms with Crippen molar-refractivity contribution in [2.45, 2.75) is 49.5 Å². The fraction of sp³-hybridized carbons (Fsp3) is 0.444. The summed E-state index contributed by atoms with van der Waals surface area (Å²) in [6.45, 7) is -0.403. The molecule has 2 aliphatic carbocycles. The molecule has 0 aromatic heterocycles. The van der Waals surface area contributed by atoms with Gasteiger partial charge in [-0.05, 0) is 56.7 Å². The monoisotopic (exact) mass is 412 g/mol. The summed E-state index contributed by atoms with van der Waals surface area (Å²) in [5.74, 6) is -1.07. The van der Waals surface area contributed by atoms with Crippen molar-refractivity contribution in [1.29, 1.82) is 0 Å². The number of sulfonamides is 1. The quantitative estimate of drug-likeness (QED) is 0.722. The van der Waals surface area contributed by atoms with Crippen molar-refractivity contribution in [3.05, 3.63) is 40.6 Å². The van der Waals surface area contributed by atoms with E-state index in [0.717, 1.165) is 50.3 Å². The molecule has 2 aliphatic rings. The Morgan fingerprint density at radius 3 is 2.59 bits per heavy atom. The highest BCUT2D eigenvalue weighted by atomic mass is 35.5. The SMILES string of the molecule is NS(=O)(=O)c1cc(C(=O)OCC(=O)N(C2=CCCCC2)C2CC2)ccc1Cl. The summed E-state index contributed by atoms with van der Waals surface area (Å²) in [7, 11) is -4.07. The fourth-order valence-electron chi connectivity index (χ4n) is 3.10. The molecule has 0 radical (unpaired) electrons. The maximum absolute atomic E-state index is 12.6. The number of hydrogen-bond acceptors (Lipinski definition) is 5. The molecule has 27 heavy (non-hydrogen) atoms. The Balaban J connectivity index is 1.68. The largest absolute Gasteiger partial charge is 0.452 e. The summed E-state index contributed by atoms with van der Waals surface area (Å²) in [6.07, 6.45) is 7.95. The van der Waals surface area contributed by atoms with Crippen LogP contribution in [0.25, 0.3) is 0 Å². The fourth-order valence-corrected chi connectivity index (χ4v) is 4.17. The number of hydrogen-bond donors (Lipinski definition) is 1. The van der Waals surface area contributed by atoms with Crippen molar-refractivity contribution in [2.75, 3.05) is 6.61 Å². The average molecular weight is 413 g/mol. The Morgan fingerprint density at radius 1 is 1.26 bits per heavy atom. The van der Waals surface area contributed by atoms with Gasteiger partial charge in [0, 0.05) is 11.7 Å². The van der Waals surface area contributed by atoms with Gasteiger partial charge in [-0.3, -0.25) is 4.79 Å². The zero-order valence-corrected chi connectivity index (χ0v) is 16.3. The molecule has 1 aromatic carbocycles. The smallest absolute Gasteiger partial charge is 0.338 e. The molecule has 0 unspecified atom stereocenters. The minimum atomic E-state index is -4.07. The van der Waals surface area contributed by atoms with Crippen LogP contribution in [0, 0.1) is 0 Å². The van der Waals surface area contributed by atoms with Crippen molar-refractivity contribution in [3.63, 3.8) is 0 Å². The number of amides is 1. The van der Waals surface area contributed by atoms with Gasteiger partial charge in [0.2, 0.25) is 10.0 Å². The molecular formula is C18H21ClN2O5S. The van der Waals surface area contributed by atoms with Crippen LogP contribution in [0.3, 0.4) is 0 Å². The molecular weight excluding hydrogens is 392 g/mol. The van der Waals surface area contributed by atoms with Crippen LogP contribution in [0.15, 0.2) is 34.9 Å². The third-order valence-electron chi connectivity index (χ3n) is 4.56. The number of carbonyl (C=O) groups is 2. The lowest BCUT2D eigenvalue weighted by atomic mass is 10.0. The van der Waals surface area contributed by atoms with Crippen molar-refractivity contribution in [1.82, 2.24) is 4.90 Å². The van der Waals surface area contributed by atoms with Crippen LogP contribution in [-0.2, 0) is 19.6 Å². The van der Waals surface area contributed by atoms with Crippen LogP contribution in [-0.4, -0.2) is 37.8 Å². The molecule has 9 heteroatoms. The Bertz CT molecular complexity index is 893. The van der Waals surface area contributed by atoms with E-state index in [1.54, 1.807) is 4.90 Å². The predicted molar refractivity (Wildman–Crippen MR) is 99.5 cm³/mol. The third kappa shape index (κ3) is 4.88. The van der Waals surface area contributed by atoms with E-state index < -0.39 is 22.6 Å². The lowest BCUT2D eigenvalue weighted by molar-refractivity contribution is -0.133. The van der Waals surface area contributed by atoms with Crippen LogP contribution in [0.2, 0.25) is 5.02 Å². The molecule has 0 heterocycles. The van der Waals surface area contributed by atoms with E-state index in [0.29, 0.717) is 0 Å². The second-order valence-electron chi connectivity index (χ2n) is 6.70. The first kappa shape index (κ1) is 19.9. The molecule has 7 nitrogen and oxygen atoms in total. The van der Waals surface area contributed by atoms with Crippen LogP contribution < -0.4 is 5.14 Å². The first-order valence-corrected chi connectivity index (χ1v) is 10.7. The highest BCUT2D eigenvalue weighted by molar-refractivity contribution is 7.89. The van der Waals surface area contributed by atoms with Crippen molar-refractivity contribution >= 4 is 33.5 Å². The molecule has 0 spiro atoms. The Kier molecular flexibility index (Phi) is 5.88. The molecule has 0 saturated heterocycles. The third-order valence-corrected chi connectivity index (χ3v) is 5.95. The summed E-state index contributed by atoms with van der Waals surface area (Å²) < 4.78 is 28.1. The van der Waals surface area contributed by atoms with Gasteiger partial charge in [0.1, 0.15) is 4.90 Å². The van der Waals surface area contributed by atoms with Gasteiger partial charge in [0.25, 0.3) is 5.91 Å². The van der Waals surface area contributed by atoms with Gasteiger partial charge in [-0.15, -0.1) is 0 Å². The number of rotatable bonds is 6. The topological polar surface area (TPSA) is 107 Å². The van der Waals surface area contributed by atoms with Gasteiger partial charge in [0.05, 0.1) is 10.6 Å². The molecule has 146 valence electrons. The highest BCUT2D eigenvalue weighted by Gasteiger charge is 2.35. The first-order chi connectivity index (χ1) is 12.8. The van der Waals surface area contributed by atoms with Crippen LogP contribution >= 0.6 is 11.6 Å². The molecule has 2 N–H and O–H groups in total. The molecule has 1 amide bonds. The molecule has 3 rings (SSSR count). The number of allylic oxidation sites excluding steroid dienone is 2. The Labute approximate surface area is 163 Å². The summed E-state index contributed by atoms with van der Waals surface area (Å²) in [5.41, 5.74) is 0.971. The minimum absolute atomic E-state index is 0.0360. The number of primary sulfonamides is 1. The first-order valence-electron chi connectivity index (χ1n) is 8.78. The van der Waals surface area contributed by atoms with E-state index in [-0.39, 0.29) is 27.4 Å². The number of halogens is 1. The minimum Gasteiger partial charge on any atom is -0.452 e. The van der Waals surface area contributed by atoms with Gasteiger partial charge in [0.15, 0.2) is 6.61 Å². The lowest BCUT2D eigenvalue weighted by Gasteiger charge is -2.27. The maximum Gasteiger partial charge on any atom is 0.338 e. The zero-order valence-electron chi connectivity index (χ0n) is 14.7. The molecule has 0 atom stereocenters. The standard InChI is InChI=1S/C18H21ClN2O5S/c19-15-9-6-12(10-16(15)27(20,24)25)18(23)26-11-17(22)21(14-7-8-14)13-4-2-1-3-5-13/h4,6,9-10,14H,1-3,5,7-8,11H2,(H2,20,24,25). The average Bonchev–Trinajstić information content (AvgIpc) is 3.45. The number of nitrogens with zero attached hydrogens (tertiary/aromatic N) is 1. The lowest BCUT2D eigenvalue weighted by Crippen LogP contribution is -2.36. The van der Waals surface area contributed by atoms with Gasteiger partial charge >= 0.3 is 5.97 Å². The molecule has 0 aliphatic heterocycles. The molecule has 1 saturated carbocycles. The van der Waals surface area contributed by atoms with Crippen LogP contribution in [0.1, 0.15) is 48.9 Å². The summed E-state index contributed by atoms with van der Waals surface area (Å²) in [4.78, 5) is 26.2. The van der Waals surface area contributed by atoms with E-state index in [4.69, 9.17) is 21.5 Å². The maximum atomic E-state index is 12.6. The van der Waals surface area contributed by atoms with Crippen molar-refractivity contribution in [3.8, 4) is 0 Å². The highest BCUT2D eigenvalue weighted by Crippen LogP contribution is 2.33. The van der Waals surface area contributed by atoms with E-state index in [9.17, 15) is 18.0 Å². The predicted octanol–water partition coefficient (Wildman–Crippen LogP) is 2.59. The number of esters is 1. The van der Waals surface area contributed by atoms with E-state index in [1.807, 2.05) is 0 Å². The summed E-state index contributed by atoms with van der Waals surface area (Å²) >= 11 is 5.80. The van der Waals surface area contributed by atoms with E-state index in [2.05, 4.69) is 6.08 Å². The Hall–Kier alpha value is -1.90. The normalized spacial score (nSPS) is 17.2. The van der Waals surface area contributed by atoms with Crippen molar-refractivity contribution < 1.29 is 22.7 Å². The second kappa shape index (κ2) is 8.00. The molecule has 0 bridgehead atoms. The molecule has 1 fully saturated rings. The number of carbonyl (C=O) groups excluding carboxylic acids is 2. The van der Waals surface area contributed by atoms with Gasteiger partial charge < -0.3 is 9.64 Å². The summed E-state index contributed by atoms with van der Waals surface area (Å²) in [5, 5.41) is 4.99. The zero-order chi connectivity index (χ0) is 19.6. The number of ether oxygens (including phenoxy) is 1. The van der Waals surface area contributed by atoms with Crippen molar-refractivity contribution in [2.24, 2.45) is 5.14 Å². The van der Waals surface area contributed by atoms with Gasteiger partial charge in [-0.25, -0.2) is 18.4 Å².